The Morgan fingerprint density at radius 1 is 1.05 bits per heavy atom. The lowest BCUT2D eigenvalue weighted by Crippen LogP contribution is -2.44. The molecule has 2 aromatic rings. The summed E-state index contributed by atoms with van der Waals surface area (Å²) in [6, 6.07) is 7.45. The zero-order valence-corrected chi connectivity index (χ0v) is 22.8. The summed E-state index contributed by atoms with van der Waals surface area (Å²) in [4.78, 5) is 32.1. The summed E-state index contributed by atoms with van der Waals surface area (Å²) < 4.78 is 39.6. The molecule has 2 aliphatic rings. The van der Waals surface area contributed by atoms with Gasteiger partial charge >= 0.3 is 6.09 Å². The van der Waals surface area contributed by atoms with E-state index in [0.717, 1.165) is 18.4 Å². The molecule has 4 rings (SSSR count). The van der Waals surface area contributed by atoms with Crippen LogP contribution in [0.1, 0.15) is 45.6 Å². The molecular formula is C29H38F2N4O4. The van der Waals surface area contributed by atoms with Crippen LogP contribution in [-0.4, -0.2) is 77.4 Å². The van der Waals surface area contributed by atoms with Crippen LogP contribution in [-0.2, 0) is 16.0 Å². The normalized spacial score (nSPS) is 19.7. The summed E-state index contributed by atoms with van der Waals surface area (Å²) in [7, 11) is 0. The van der Waals surface area contributed by atoms with E-state index in [1.165, 1.54) is 11.0 Å². The van der Waals surface area contributed by atoms with Crippen molar-refractivity contribution in [2.75, 3.05) is 26.2 Å². The maximum Gasteiger partial charge on any atom is 0.410 e. The average molecular weight is 545 g/mol. The van der Waals surface area contributed by atoms with E-state index in [-0.39, 0.29) is 37.2 Å². The van der Waals surface area contributed by atoms with Crippen molar-refractivity contribution in [1.82, 2.24) is 14.8 Å². The molecular weight excluding hydrogens is 506 g/mol. The number of carbonyl (C=O) groups excluding carboxylic acids is 2. The van der Waals surface area contributed by atoms with Gasteiger partial charge in [0.1, 0.15) is 18.1 Å². The highest BCUT2D eigenvalue weighted by Crippen LogP contribution is 2.27. The van der Waals surface area contributed by atoms with E-state index in [0.29, 0.717) is 49.0 Å². The topological polar surface area (TPSA) is 98.0 Å². The van der Waals surface area contributed by atoms with Crippen molar-refractivity contribution in [3.05, 3.63) is 47.9 Å². The number of benzene rings is 1. The Kier molecular flexibility index (Phi) is 9.37. The van der Waals surface area contributed by atoms with Crippen molar-refractivity contribution in [3.63, 3.8) is 0 Å². The van der Waals surface area contributed by atoms with Gasteiger partial charge in [0, 0.05) is 37.5 Å². The van der Waals surface area contributed by atoms with E-state index >= 15 is 0 Å². The van der Waals surface area contributed by atoms with Gasteiger partial charge in [0.05, 0.1) is 18.7 Å². The third-order valence-electron chi connectivity index (χ3n) is 7.43. The number of pyridine rings is 1. The van der Waals surface area contributed by atoms with Gasteiger partial charge in [-0.15, -0.1) is 0 Å². The monoisotopic (exact) mass is 544 g/mol. The standard InChI is InChI=1S/C29H38F2N4O4/c1-18(2)38-29(37)34-11-8-20(9-12-34)19(3)39-27-7-6-23(16-33-27)21-4-5-22(25(31)14-21)15-26(32)28(36)35-13-10-24(30)17-35/h4-7,14,16,18-20,24,26H,8-13,15,17,32H2,1-3H3/t19-,24+,26+/m1/s1. The second-order valence-corrected chi connectivity index (χ2v) is 10.8. The number of aromatic nitrogens is 1. The lowest BCUT2D eigenvalue weighted by atomic mass is 9.92. The third-order valence-corrected chi connectivity index (χ3v) is 7.43. The van der Waals surface area contributed by atoms with Crippen molar-refractivity contribution in [2.24, 2.45) is 11.7 Å². The smallest absolute Gasteiger partial charge is 0.410 e. The van der Waals surface area contributed by atoms with E-state index in [2.05, 4.69) is 4.98 Å². The summed E-state index contributed by atoms with van der Waals surface area (Å²) >= 11 is 0. The number of likely N-dealkylation sites (tertiary alicyclic amines) is 2. The van der Waals surface area contributed by atoms with E-state index < -0.39 is 18.0 Å². The summed E-state index contributed by atoms with van der Waals surface area (Å²) in [5.74, 6) is -0.0461. The van der Waals surface area contributed by atoms with Crippen molar-refractivity contribution < 1.29 is 27.8 Å². The van der Waals surface area contributed by atoms with Gasteiger partial charge in [0.15, 0.2) is 0 Å². The van der Waals surface area contributed by atoms with Crippen LogP contribution >= 0.6 is 0 Å². The van der Waals surface area contributed by atoms with Crippen LogP contribution in [0.4, 0.5) is 13.6 Å². The number of halogens is 2. The molecule has 0 spiro atoms. The molecule has 2 amide bonds. The predicted molar refractivity (Wildman–Crippen MR) is 143 cm³/mol. The fourth-order valence-electron chi connectivity index (χ4n) is 5.10. The number of rotatable bonds is 8. The maximum atomic E-state index is 14.9. The van der Waals surface area contributed by atoms with E-state index in [4.69, 9.17) is 15.2 Å². The number of nitrogens with zero attached hydrogens (tertiary/aromatic N) is 3. The molecule has 3 heterocycles. The van der Waals surface area contributed by atoms with Gasteiger partial charge < -0.3 is 25.0 Å². The molecule has 2 aliphatic heterocycles. The molecule has 0 bridgehead atoms. The van der Waals surface area contributed by atoms with Crippen molar-refractivity contribution in [2.45, 2.75) is 70.9 Å². The van der Waals surface area contributed by atoms with E-state index in [9.17, 15) is 18.4 Å². The van der Waals surface area contributed by atoms with E-state index in [1.54, 1.807) is 29.3 Å². The van der Waals surface area contributed by atoms with Gasteiger partial charge in [0.2, 0.25) is 11.8 Å². The fourth-order valence-corrected chi connectivity index (χ4v) is 5.10. The molecule has 212 valence electrons. The first-order valence-corrected chi connectivity index (χ1v) is 13.7. The first-order valence-electron chi connectivity index (χ1n) is 13.7. The molecule has 3 atom stereocenters. The molecule has 1 aromatic heterocycles. The summed E-state index contributed by atoms with van der Waals surface area (Å²) in [5.41, 5.74) is 7.71. The highest BCUT2D eigenvalue weighted by Gasteiger charge is 2.30. The summed E-state index contributed by atoms with van der Waals surface area (Å²) in [6.45, 7) is 7.34. The van der Waals surface area contributed by atoms with Gasteiger partial charge in [-0.25, -0.2) is 18.6 Å². The second-order valence-electron chi connectivity index (χ2n) is 10.8. The lowest BCUT2D eigenvalue weighted by molar-refractivity contribution is -0.131. The SMILES string of the molecule is CC(C)OC(=O)N1CCC([C@@H](C)Oc2ccc(-c3ccc(C[C@H](N)C(=O)N4CC[C@H](F)C4)c(F)c3)cn2)CC1. The predicted octanol–water partition coefficient (Wildman–Crippen LogP) is 4.35. The van der Waals surface area contributed by atoms with Crippen LogP contribution in [0.25, 0.3) is 11.1 Å². The Morgan fingerprint density at radius 3 is 2.33 bits per heavy atom. The molecule has 0 unspecified atom stereocenters. The van der Waals surface area contributed by atoms with Crippen LogP contribution in [0.15, 0.2) is 36.5 Å². The molecule has 10 heteroatoms. The van der Waals surface area contributed by atoms with E-state index in [1.807, 2.05) is 26.8 Å². The fraction of sp³-hybridized carbons (Fsp3) is 0.552. The van der Waals surface area contributed by atoms with Crippen LogP contribution < -0.4 is 10.5 Å². The zero-order valence-electron chi connectivity index (χ0n) is 22.8. The number of piperidine rings is 1. The molecule has 0 radical (unpaired) electrons. The Labute approximate surface area is 228 Å². The van der Waals surface area contributed by atoms with Crippen molar-refractivity contribution in [3.8, 4) is 17.0 Å². The van der Waals surface area contributed by atoms with Gasteiger partial charge in [-0.1, -0.05) is 12.1 Å². The van der Waals surface area contributed by atoms with Gasteiger partial charge in [-0.2, -0.15) is 0 Å². The number of hydrogen-bond acceptors (Lipinski definition) is 6. The molecule has 0 saturated carbocycles. The number of hydrogen-bond donors (Lipinski definition) is 1. The average Bonchev–Trinajstić information content (AvgIpc) is 3.35. The first-order chi connectivity index (χ1) is 18.6. The molecule has 1 aromatic carbocycles. The minimum absolute atomic E-state index is 0.0408. The quantitative estimate of drug-likeness (QED) is 0.531. The summed E-state index contributed by atoms with van der Waals surface area (Å²) in [5, 5.41) is 0. The Bertz CT molecular complexity index is 1140. The largest absolute Gasteiger partial charge is 0.474 e. The summed E-state index contributed by atoms with van der Waals surface area (Å²) in [6.07, 6.45) is 2.13. The van der Waals surface area contributed by atoms with Crippen LogP contribution in [0.3, 0.4) is 0 Å². The lowest BCUT2D eigenvalue weighted by Gasteiger charge is -2.34. The number of carbonyl (C=O) groups is 2. The second kappa shape index (κ2) is 12.7. The van der Waals surface area contributed by atoms with Crippen LogP contribution in [0, 0.1) is 11.7 Å². The minimum Gasteiger partial charge on any atom is -0.474 e. The minimum atomic E-state index is -1.02. The maximum absolute atomic E-state index is 14.9. The van der Waals surface area contributed by atoms with Gasteiger partial charge in [0.25, 0.3) is 0 Å². The molecule has 39 heavy (non-hydrogen) atoms. The van der Waals surface area contributed by atoms with Crippen molar-refractivity contribution in [1.29, 1.82) is 0 Å². The Hall–Kier alpha value is -3.27. The molecule has 2 saturated heterocycles. The number of ether oxygens (including phenoxy) is 2. The molecule has 2 fully saturated rings. The zero-order chi connectivity index (χ0) is 28.1. The number of nitrogens with two attached hydrogens (primary N) is 1. The molecule has 0 aliphatic carbocycles. The third kappa shape index (κ3) is 7.44. The first kappa shape index (κ1) is 28.7. The number of amides is 2. The number of alkyl halides is 1. The molecule has 2 N–H and O–H groups in total. The van der Waals surface area contributed by atoms with Crippen LogP contribution in [0.2, 0.25) is 0 Å². The molecule has 8 nitrogen and oxygen atoms in total. The van der Waals surface area contributed by atoms with Gasteiger partial charge in [-0.05, 0) is 75.6 Å². The van der Waals surface area contributed by atoms with Crippen LogP contribution in [0.5, 0.6) is 5.88 Å². The Balaban J connectivity index is 1.29. The van der Waals surface area contributed by atoms with Gasteiger partial charge in [-0.3, -0.25) is 4.79 Å². The van der Waals surface area contributed by atoms with Crippen molar-refractivity contribution >= 4 is 12.0 Å². The Morgan fingerprint density at radius 2 is 1.74 bits per heavy atom. The highest BCUT2D eigenvalue weighted by molar-refractivity contribution is 5.82. The highest BCUT2D eigenvalue weighted by atomic mass is 19.1.